The van der Waals surface area contributed by atoms with Crippen molar-refractivity contribution in [3.8, 4) is 16.9 Å². The molecule has 2 fully saturated rings. The Balaban J connectivity index is 1.63. The Labute approximate surface area is 288 Å². The van der Waals surface area contributed by atoms with Crippen LogP contribution in [0.5, 0.6) is 5.75 Å². The van der Waals surface area contributed by atoms with E-state index in [2.05, 4.69) is 5.32 Å². The number of carbonyl (C=O) groups is 3. The van der Waals surface area contributed by atoms with Gasteiger partial charge >= 0.3 is 12.1 Å². The molecule has 0 spiro atoms. The van der Waals surface area contributed by atoms with Gasteiger partial charge in [-0.1, -0.05) is 74.9 Å². The van der Waals surface area contributed by atoms with Crippen LogP contribution in [0.1, 0.15) is 53.0 Å². The predicted molar refractivity (Wildman–Crippen MR) is 184 cm³/mol. The number of hydrogen-bond donors (Lipinski definition) is 2. The van der Waals surface area contributed by atoms with Crippen LogP contribution in [-0.2, 0) is 35.0 Å². The third-order valence-electron chi connectivity index (χ3n) is 9.80. The monoisotopic (exact) mass is 676 g/mol. The third-order valence-corrected chi connectivity index (χ3v) is 9.80. The van der Waals surface area contributed by atoms with E-state index < -0.39 is 59.6 Å². The lowest BCUT2D eigenvalue weighted by atomic mass is 9.83. The highest BCUT2D eigenvalue weighted by Gasteiger charge is 2.64. The molecule has 2 aromatic rings. The average molecular weight is 677 g/mol. The highest BCUT2D eigenvalue weighted by Crippen LogP contribution is 2.49. The van der Waals surface area contributed by atoms with Gasteiger partial charge in [0.05, 0.1) is 31.2 Å². The van der Waals surface area contributed by atoms with Crippen molar-refractivity contribution in [3.63, 3.8) is 0 Å². The first kappa shape index (κ1) is 36.1. The molecule has 11 nitrogen and oxygen atoms in total. The van der Waals surface area contributed by atoms with Crippen LogP contribution in [0.25, 0.3) is 11.1 Å². The fourth-order valence-electron chi connectivity index (χ4n) is 6.83. The van der Waals surface area contributed by atoms with Crippen molar-refractivity contribution in [2.24, 2.45) is 11.8 Å². The Morgan fingerprint density at radius 3 is 2.51 bits per heavy atom. The summed E-state index contributed by atoms with van der Waals surface area (Å²) in [5.41, 5.74) is 1.32. The number of nitrogens with zero attached hydrogens (tertiary/aromatic N) is 1. The van der Waals surface area contributed by atoms with Gasteiger partial charge in [0.25, 0.3) is 0 Å². The fourth-order valence-corrected chi connectivity index (χ4v) is 6.83. The lowest BCUT2D eigenvalue weighted by Gasteiger charge is -2.42. The Morgan fingerprint density at radius 1 is 1.14 bits per heavy atom. The number of aliphatic hydroxyl groups is 1. The third kappa shape index (κ3) is 7.54. The van der Waals surface area contributed by atoms with Crippen molar-refractivity contribution in [3.05, 3.63) is 71.8 Å². The van der Waals surface area contributed by atoms with Crippen LogP contribution in [0.3, 0.4) is 0 Å². The maximum atomic E-state index is 14.3. The Morgan fingerprint density at radius 2 is 1.86 bits per heavy atom. The molecule has 49 heavy (non-hydrogen) atoms. The summed E-state index contributed by atoms with van der Waals surface area (Å²) in [7, 11) is 4.77. The summed E-state index contributed by atoms with van der Waals surface area (Å²) in [6, 6.07) is 13.7. The van der Waals surface area contributed by atoms with Gasteiger partial charge in [-0.3, -0.25) is 14.9 Å². The number of carbonyl (C=O) groups excluding carboxylic acids is 3. The highest BCUT2D eigenvalue weighted by molar-refractivity contribution is 5.99. The van der Waals surface area contributed by atoms with Crippen LogP contribution in [-0.4, -0.2) is 80.1 Å². The van der Waals surface area contributed by atoms with Crippen LogP contribution in [0.15, 0.2) is 66.3 Å². The van der Waals surface area contributed by atoms with E-state index in [4.69, 9.17) is 23.7 Å². The number of epoxide rings is 1. The molecule has 3 heterocycles. The summed E-state index contributed by atoms with van der Waals surface area (Å²) >= 11 is 0. The van der Waals surface area contributed by atoms with E-state index in [9.17, 15) is 19.5 Å². The molecule has 7 atom stereocenters. The summed E-state index contributed by atoms with van der Waals surface area (Å²) in [4.78, 5) is 41.7. The molecule has 5 rings (SSSR count). The second kappa shape index (κ2) is 14.3. The zero-order chi connectivity index (χ0) is 35.7. The van der Waals surface area contributed by atoms with E-state index in [1.54, 1.807) is 52.0 Å². The van der Waals surface area contributed by atoms with Crippen LogP contribution in [0, 0.1) is 11.8 Å². The first-order valence-electron chi connectivity index (χ1n) is 16.7. The smallest absolute Gasteiger partial charge is 0.409 e. The van der Waals surface area contributed by atoms with Gasteiger partial charge in [-0.2, -0.15) is 0 Å². The first-order chi connectivity index (χ1) is 23.2. The molecule has 2 saturated heterocycles. The lowest BCUT2D eigenvalue weighted by molar-refractivity contribution is -0.157. The van der Waals surface area contributed by atoms with Crippen LogP contribution in [0.2, 0.25) is 0 Å². The van der Waals surface area contributed by atoms with Crippen molar-refractivity contribution in [2.75, 3.05) is 26.2 Å². The van der Waals surface area contributed by atoms with Gasteiger partial charge < -0.3 is 33.7 Å². The van der Waals surface area contributed by atoms with Crippen LogP contribution in [0.4, 0.5) is 10.5 Å². The number of anilines is 1. The number of amides is 2. The number of hydrogen-bond acceptors (Lipinski definition) is 9. The molecule has 0 unspecified atom stereocenters. The Bertz CT molecular complexity index is 1620. The molecule has 2 aromatic carbocycles. The average Bonchev–Trinajstić information content (AvgIpc) is 3.76. The summed E-state index contributed by atoms with van der Waals surface area (Å²) in [5, 5.41) is 14.2. The number of alkyl carbamates (subject to hydrolysis) is 1. The van der Waals surface area contributed by atoms with Gasteiger partial charge in [0.2, 0.25) is 5.91 Å². The summed E-state index contributed by atoms with van der Waals surface area (Å²) < 4.78 is 29.5. The van der Waals surface area contributed by atoms with E-state index in [1.165, 1.54) is 7.11 Å². The number of nitrogens with one attached hydrogen (secondary N) is 1. The molecular formula is C38H48N2O9. The molecule has 4 bridgehead atoms. The minimum absolute atomic E-state index is 0.00734. The molecule has 3 aliphatic heterocycles. The molecule has 0 saturated carbocycles. The molecule has 0 radical (unpaired) electrons. The molecule has 264 valence electrons. The maximum absolute atomic E-state index is 14.3. The molecule has 2 amide bonds. The van der Waals surface area contributed by atoms with Crippen molar-refractivity contribution in [1.82, 2.24) is 5.32 Å². The van der Waals surface area contributed by atoms with Crippen LogP contribution >= 0.6 is 0 Å². The SMILES string of the molecule is COc1cc2cc(c1-c1ccccc1)N(C)C(=O)C[C@H](OC(=O)C(C)C)[C@]1(C)O[C@H]1[C@H](C)[C@@H]1C[C@@](O)(NC(=O)O1)[C@H](OC)/C=C/C=C(\C)C2. The topological polar surface area (TPSA) is 136 Å². The zero-order valence-electron chi connectivity index (χ0n) is 29.5. The number of methoxy groups -OCH3 is 2. The van der Waals surface area contributed by atoms with Crippen molar-refractivity contribution in [2.45, 2.75) is 89.6 Å². The maximum Gasteiger partial charge on any atom is 0.409 e. The number of esters is 1. The van der Waals surface area contributed by atoms with Gasteiger partial charge in [0.15, 0.2) is 5.72 Å². The van der Waals surface area contributed by atoms with Crippen molar-refractivity contribution >= 4 is 23.7 Å². The quantitative estimate of drug-likeness (QED) is 0.318. The minimum atomic E-state index is -1.77. The molecule has 3 aliphatic rings. The van der Waals surface area contributed by atoms with E-state index in [-0.39, 0.29) is 18.7 Å². The van der Waals surface area contributed by atoms with E-state index in [1.807, 2.05) is 62.4 Å². The largest absolute Gasteiger partial charge is 0.496 e. The second-order valence-corrected chi connectivity index (χ2v) is 13.8. The van der Waals surface area contributed by atoms with E-state index in [0.717, 1.165) is 22.3 Å². The molecule has 0 aliphatic carbocycles. The summed E-state index contributed by atoms with van der Waals surface area (Å²) in [6.45, 7) is 9.08. The van der Waals surface area contributed by atoms with Crippen molar-refractivity contribution in [1.29, 1.82) is 0 Å². The Hall–Kier alpha value is -4.19. The fraction of sp³-hybridized carbons (Fsp3) is 0.500. The first-order valence-corrected chi connectivity index (χ1v) is 16.7. The molecule has 0 aromatic heterocycles. The molecule has 2 N–H and O–H groups in total. The number of fused-ring (bicyclic) bond motifs is 5. The van der Waals surface area contributed by atoms with Gasteiger partial charge in [0, 0.05) is 32.1 Å². The van der Waals surface area contributed by atoms with Gasteiger partial charge in [-0.15, -0.1) is 0 Å². The normalized spacial score (nSPS) is 32.2. The lowest BCUT2D eigenvalue weighted by Crippen LogP contribution is -2.63. The predicted octanol–water partition coefficient (Wildman–Crippen LogP) is 5.34. The molecule has 11 heteroatoms. The number of ether oxygens (including phenoxy) is 5. The van der Waals surface area contributed by atoms with Crippen LogP contribution < -0.4 is 15.0 Å². The van der Waals surface area contributed by atoms with Crippen molar-refractivity contribution < 1.29 is 43.2 Å². The second-order valence-electron chi connectivity index (χ2n) is 13.8. The standard InChI is InChI=1S/C38H48N2O9/c1-22(2)35(42)48-31-20-32(41)40(6)27-18-25(19-28(45-7)33(27)26-14-10-9-11-15-26)17-23(3)13-12-16-30(46-8)38(44)21-29(47-36(43)39-38)24(4)34-37(31,5)49-34/h9-16,18-19,22,24,29-31,34,44H,17,20-21H2,1-8H3,(H,39,43)/b16-12+,23-13+/t24-,29+,30-,31+,34+,37+,38+/m1/s1. The number of allylic oxidation sites excluding steroid dienone is 3. The van der Waals surface area contributed by atoms with E-state index in [0.29, 0.717) is 17.9 Å². The summed E-state index contributed by atoms with van der Waals surface area (Å²) in [6.07, 6.45) is 1.81. The highest BCUT2D eigenvalue weighted by atomic mass is 16.7. The van der Waals surface area contributed by atoms with Gasteiger partial charge in [-0.05, 0) is 43.5 Å². The Kier molecular flexibility index (Phi) is 10.6. The molecular weight excluding hydrogens is 628 g/mol. The zero-order valence-corrected chi connectivity index (χ0v) is 29.5. The number of benzene rings is 2. The summed E-state index contributed by atoms with van der Waals surface area (Å²) in [5.74, 6) is -1.03. The van der Waals surface area contributed by atoms with Gasteiger partial charge in [-0.25, -0.2) is 4.79 Å². The van der Waals surface area contributed by atoms with Gasteiger partial charge in [0.1, 0.15) is 29.7 Å². The minimum Gasteiger partial charge on any atom is -0.496 e. The number of rotatable bonds is 5. The van der Waals surface area contributed by atoms with E-state index >= 15 is 0 Å².